The molecule has 0 bridgehead atoms. The first kappa shape index (κ1) is 13.1. The number of nitrogens with two attached hydrogens (primary N) is 1. The highest BCUT2D eigenvalue weighted by Crippen LogP contribution is 2.16. The second-order valence-corrected chi connectivity index (χ2v) is 4.83. The van der Waals surface area contributed by atoms with Gasteiger partial charge in [0, 0.05) is 6.92 Å². The summed E-state index contributed by atoms with van der Waals surface area (Å²) in [6.45, 7) is 6.69. The molecule has 3 N–H and O–H groups in total. The van der Waals surface area contributed by atoms with E-state index in [2.05, 4.69) is 29.4 Å². The van der Waals surface area contributed by atoms with Crippen LogP contribution in [-0.4, -0.2) is 24.6 Å². The summed E-state index contributed by atoms with van der Waals surface area (Å²) in [5.41, 5.74) is 8.66. The first-order chi connectivity index (χ1) is 8.69. The number of aryl methyl sites for hydroxylation is 1. The highest BCUT2D eigenvalue weighted by Gasteiger charge is 2.03. The van der Waals surface area contributed by atoms with Crippen LogP contribution in [-0.2, 0) is 6.42 Å². The fourth-order valence-corrected chi connectivity index (χ4v) is 1.91. The third-order valence-corrected chi connectivity index (χ3v) is 3.04. The van der Waals surface area contributed by atoms with E-state index in [9.17, 15) is 0 Å². The molecule has 2 aromatic rings. The molecule has 2 rings (SSSR count). The Hall–Kier alpha value is -1.39. The van der Waals surface area contributed by atoms with Crippen LogP contribution in [0, 0.1) is 12.8 Å². The number of rotatable bonds is 6. The predicted octanol–water partition coefficient (Wildman–Crippen LogP) is 1.86. The van der Waals surface area contributed by atoms with Gasteiger partial charge in [-0.05, 0) is 49.7 Å². The number of nitrogens with one attached hydrogen (secondary N) is 1. The van der Waals surface area contributed by atoms with Gasteiger partial charge in [-0.25, -0.2) is 4.98 Å². The fraction of sp³-hybridized carbons (Fsp3) is 0.500. The lowest BCUT2D eigenvalue weighted by molar-refractivity contribution is 0.524. The summed E-state index contributed by atoms with van der Waals surface area (Å²) >= 11 is 0. The lowest BCUT2D eigenvalue weighted by Crippen LogP contribution is -2.27. The van der Waals surface area contributed by atoms with Crippen molar-refractivity contribution in [2.75, 3.05) is 19.6 Å². The molecule has 0 saturated carbocycles. The van der Waals surface area contributed by atoms with Gasteiger partial charge in [-0.1, -0.05) is 13.0 Å². The second-order valence-electron chi connectivity index (χ2n) is 4.83. The van der Waals surface area contributed by atoms with E-state index < -0.39 is 0 Å². The second kappa shape index (κ2) is 5.98. The summed E-state index contributed by atoms with van der Waals surface area (Å²) in [6, 6.07) is 6.19. The molecular weight excluding hydrogens is 226 g/mol. The van der Waals surface area contributed by atoms with Crippen LogP contribution in [0.5, 0.6) is 0 Å². The van der Waals surface area contributed by atoms with Gasteiger partial charge in [0.1, 0.15) is 5.52 Å². The molecule has 0 amide bonds. The van der Waals surface area contributed by atoms with Gasteiger partial charge in [0.15, 0.2) is 11.5 Å². The zero-order chi connectivity index (χ0) is 13.0. The normalized spacial score (nSPS) is 13.1. The van der Waals surface area contributed by atoms with E-state index in [1.807, 2.05) is 13.0 Å². The summed E-state index contributed by atoms with van der Waals surface area (Å²) in [5.74, 6) is 1.25. The Bertz CT molecular complexity index is 507. The van der Waals surface area contributed by atoms with Crippen LogP contribution < -0.4 is 11.1 Å². The Labute approximate surface area is 108 Å². The fourth-order valence-electron chi connectivity index (χ4n) is 1.91. The summed E-state index contributed by atoms with van der Waals surface area (Å²) in [7, 11) is 0. The summed E-state index contributed by atoms with van der Waals surface area (Å²) < 4.78 is 5.45. The monoisotopic (exact) mass is 247 g/mol. The van der Waals surface area contributed by atoms with Gasteiger partial charge in [-0.3, -0.25) is 0 Å². The van der Waals surface area contributed by atoms with E-state index in [4.69, 9.17) is 10.2 Å². The zero-order valence-corrected chi connectivity index (χ0v) is 11.1. The van der Waals surface area contributed by atoms with Gasteiger partial charge in [0.25, 0.3) is 0 Å². The first-order valence-corrected chi connectivity index (χ1v) is 6.46. The SMILES string of the molecule is Cc1nc2cc(CCNCC(C)CN)ccc2o1. The third-order valence-electron chi connectivity index (χ3n) is 3.04. The molecule has 1 heterocycles. The highest BCUT2D eigenvalue weighted by atomic mass is 16.3. The molecule has 98 valence electrons. The maximum absolute atomic E-state index is 5.57. The van der Waals surface area contributed by atoms with E-state index in [-0.39, 0.29) is 0 Å². The van der Waals surface area contributed by atoms with Crippen molar-refractivity contribution >= 4 is 11.1 Å². The van der Waals surface area contributed by atoms with Crippen molar-refractivity contribution in [1.82, 2.24) is 10.3 Å². The Morgan fingerprint density at radius 3 is 3.06 bits per heavy atom. The molecule has 4 nitrogen and oxygen atoms in total. The topological polar surface area (TPSA) is 64.1 Å². The van der Waals surface area contributed by atoms with Crippen molar-refractivity contribution in [3.63, 3.8) is 0 Å². The summed E-state index contributed by atoms with van der Waals surface area (Å²) in [4.78, 5) is 4.34. The minimum absolute atomic E-state index is 0.533. The molecule has 0 aliphatic heterocycles. The van der Waals surface area contributed by atoms with Crippen LogP contribution >= 0.6 is 0 Å². The number of benzene rings is 1. The Morgan fingerprint density at radius 2 is 2.28 bits per heavy atom. The molecule has 0 aliphatic carbocycles. The van der Waals surface area contributed by atoms with Gasteiger partial charge < -0.3 is 15.5 Å². The van der Waals surface area contributed by atoms with Crippen molar-refractivity contribution in [3.8, 4) is 0 Å². The first-order valence-electron chi connectivity index (χ1n) is 6.46. The molecular formula is C14H21N3O. The van der Waals surface area contributed by atoms with Crippen LogP contribution in [0.15, 0.2) is 22.6 Å². The minimum atomic E-state index is 0.533. The molecule has 4 heteroatoms. The van der Waals surface area contributed by atoms with Crippen molar-refractivity contribution < 1.29 is 4.42 Å². The number of hydrogen-bond donors (Lipinski definition) is 2. The van der Waals surface area contributed by atoms with E-state index in [1.165, 1.54) is 5.56 Å². The molecule has 0 fully saturated rings. The van der Waals surface area contributed by atoms with Crippen molar-refractivity contribution in [3.05, 3.63) is 29.7 Å². The van der Waals surface area contributed by atoms with E-state index in [0.717, 1.165) is 43.0 Å². The zero-order valence-electron chi connectivity index (χ0n) is 11.1. The van der Waals surface area contributed by atoms with Crippen LogP contribution in [0.1, 0.15) is 18.4 Å². The van der Waals surface area contributed by atoms with Crippen LogP contribution in [0.3, 0.4) is 0 Å². The van der Waals surface area contributed by atoms with Gasteiger partial charge in [0.05, 0.1) is 0 Å². The number of hydrogen-bond acceptors (Lipinski definition) is 4. The maximum atomic E-state index is 5.57. The molecule has 1 aromatic heterocycles. The lowest BCUT2D eigenvalue weighted by Gasteiger charge is -2.09. The van der Waals surface area contributed by atoms with Gasteiger partial charge in [0.2, 0.25) is 0 Å². The largest absolute Gasteiger partial charge is 0.441 e. The van der Waals surface area contributed by atoms with Crippen LogP contribution in [0.4, 0.5) is 0 Å². The number of fused-ring (bicyclic) bond motifs is 1. The standard InChI is InChI=1S/C14H21N3O/c1-10(8-15)9-16-6-5-12-3-4-14-13(7-12)17-11(2)18-14/h3-4,7,10,16H,5-6,8-9,15H2,1-2H3. The van der Waals surface area contributed by atoms with Crippen LogP contribution in [0.2, 0.25) is 0 Å². The maximum Gasteiger partial charge on any atom is 0.192 e. The molecule has 18 heavy (non-hydrogen) atoms. The quantitative estimate of drug-likeness (QED) is 0.765. The van der Waals surface area contributed by atoms with Gasteiger partial charge in [-0.2, -0.15) is 0 Å². The van der Waals surface area contributed by atoms with Crippen LogP contribution in [0.25, 0.3) is 11.1 Å². The van der Waals surface area contributed by atoms with Gasteiger partial charge >= 0.3 is 0 Å². The third kappa shape index (κ3) is 3.31. The van der Waals surface area contributed by atoms with Crippen molar-refractivity contribution in [2.24, 2.45) is 11.7 Å². The minimum Gasteiger partial charge on any atom is -0.441 e. The Kier molecular flexibility index (Phi) is 4.33. The molecule has 1 unspecified atom stereocenters. The van der Waals surface area contributed by atoms with Gasteiger partial charge in [-0.15, -0.1) is 0 Å². The lowest BCUT2D eigenvalue weighted by atomic mass is 10.1. The number of nitrogens with zero attached hydrogens (tertiary/aromatic N) is 1. The average molecular weight is 247 g/mol. The smallest absolute Gasteiger partial charge is 0.192 e. The Balaban J connectivity index is 1.87. The summed E-state index contributed by atoms with van der Waals surface area (Å²) in [6.07, 6.45) is 0.999. The summed E-state index contributed by atoms with van der Waals surface area (Å²) in [5, 5.41) is 3.41. The van der Waals surface area contributed by atoms with Crippen molar-refractivity contribution in [2.45, 2.75) is 20.3 Å². The number of aromatic nitrogens is 1. The number of oxazole rings is 1. The predicted molar refractivity (Wildman–Crippen MR) is 73.5 cm³/mol. The average Bonchev–Trinajstić information content (AvgIpc) is 2.73. The molecule has 0 saturated heterocycles. The molecule has 0 spiro atoms. The molecule has 0 aliphatic rings. The van der Waals surface area contributed by atoms with E-state index >= 15 is 0 Å². The molecule has 1 atom stereocenters. The van der Waals surface area contributed by atoms with Crippen molar-refractivity contribution in [1.29, 1.82) is 0 Å². The molecule has 0 radical (unpaired) electrons. The van der Waals surface area contributed by atoms with E-state index in [1.54, 1.807) is 0 Å². The Morgan fingerprint density at radius 1 is 1.44 bits per heavy atom. The molecule has 1 aromatic carbocycles. The highest BCUT2D eigenvalue weighted by molar-refractivity contribution is 5.73. The van der Waals surface area contributed by atoms with E-state index in [0.29, 0.717) is 5.92 Å².